The first-order valence-electron chi connectivity index (χ1n) is 12.8. The van der Waals surface area contributed by atoms with E-state index in [2.05, 4.69) is 34.7 Å². The Labute approximate surface area is 198 Å². The van der Waals surface area contributed by atoms with Crippen molar-refractivity contribution in [3.63, 3.8) is 0 Å². The standard InChI is InChI=1S/C26H40N4O3/c1-3-30(4-2)11-12-33-23-8-6-5-7-22(23)28-24(31)9-10-27-25(32)29-26-16-19-13-20(17-26)15-21(14-19)18-26/h5-8,19-21H,3-4,9-18H2,1-2H3,(H,28,31)(H2,27,29,32). The van der Waals surface area contributed by atoms with Gasteiger partial charge in [0.25, 0.3) is 0 Å². The molecule has 0 spiro atoms. The average molecular weight is 457 g/mol. The average Bonchev–Trinajstić information content (AvgIpc) is 2.76. The van der Waals surface area contributed by atoms with Gasteiger partial charge in [-0.1, -0.05) is 26.0 Å². The summed E-state index contributed by atoms with van der Waals surface area (Å²) >= 11 is 0. The minimum atomic E-state index is -0.134. The van der Waals surface area contributed by atoms with Crippen molar-refractivity contribution in [2.24, 2.45) is 17.8 Å². The number of rotatable bonds is 11. The third kappa shape index (κ3) is 6.19. The SMILES string of the molecule is CCN(CC)CCOc1ccccc1NC(=O)CCNC(=O)NC12CC3CC(CC(C3)C1)C2. The number of carbonyl (C=O) groups is 2. The molecule has 182 valence electrons. The van der Waals surface area contributed by atoms with Crippen LogP contribution in [-0.2, 0) is 4.79 Å². The van der Waals surface area contributed by atoms with E-state index in [1.165, 1.54) is 19.3 Å². The Morgan fingerprint density at radius 1 is 1.03 bits per heavy atom. The minimum absolute atomic E-state index is 0.0114. The van der Waals surface area contributed by atoms with Gasteiger partial charge in [0.2, 0.25) is 5.91 Å². The van der Waals surface area contributed by atoms with Gasteiger partial charge >= 0.3 is 6.03 Å². The number of hydrogen-bond donors (Lipinski definition) is 3. The second kappa shape index (κ2) is 10.8. The van der Waals surface area contributed by atoms with E-state index < -0.39 is 0 Å². The fourth-order valence-corrected chi connectivity index (χ4v) is 6.57. The van der Waals surface area contributed by atoms with Crippen LogP contribution in [0.4, 0.5) is 10.5 Å². The molecule has 0 heterocycles. The van der Waals surface area contributed by atoms with E-state index in [1.54, 1.807) is 0 Å². The second-order valence-corrected chi connectivity index (χ2v) is 10.2. The number of hydrogen-bond acceptors (Lipinski definition) is 4. The first kappa shape index (κ1) is 23.9. The van der Waals surface area contributed by atoms with Crippen LogP contribution in [0.3, 0.4) is 0 Å². The molecule has 5 rings (SSSR count). The number of anilines is 1. The molecule has 3 amide bonds. The van der Waals surface area contributed by atoms with Gasteiger partial charge in [0.15, 0.2) is 0 Å². The molecular weight excluding hydrogens is 416 g/mol. The first-order chi connectivity index (χ1) is 16.0. The summed E-state index contributed by atoms with van der Waals surface area (Å²) in [5.74, 6) is 2.90. The number of benzene rings is 1. The lowest BCUT2D eigenvalue weighted by Gasteiger charge is -2.56. The van der Waals surface area contributed by atoms with Crippen LogP contribution in [0.1, 0.15) is 58.8 Å². The second-order valence-electron chi connectivity index (χ2n) is 10.2. The van der Waals surface area contributed by atoms with E-state index in [4.69, 9.17) is 4.74 Å². The Kier molecular flexibility index (Phi) is 7.78. The van der Waals surface area contributed by atoms with Crippen LogP contribution < -0.4 is 20.7 Å². The molecule has 0 atom stereocenters. The number of ether oxygens (including phenoxy) is 1. The molecule has 4 fully saturated rings. The highest BCUT2D eigenvalue weighted by atomic mass is 16.5. The van der Waals surface area contributed by atoms with Gasteiger partial charge in [-0.3, -0.25) is 4.79 Å². The number of likely N-dealkylation sites (N-methyl/N-ethyl adjacent to an activating group) is 1. The van der Waals surface area contributed by atoms with E-state index in [0.717, 1.165) is 56.7 Å². The summed E-state index contributed by atoms with van der Waals surface area (Å²) in [6, 6.07) is 7.36. The molecule has 4 bridgehead atoms. The third-order valence-corrected chi connectivity index (χ3v) is 7.78. The molecule has 1 aromatic carbocycles. The van der Waals surface area contributed by atoms with Gasteiger partial charge in [-0.15, -0.1) is 0 Å². The van der Waals surface area contributed by atoms with E-state index in [1.807, 2.05) is 24.3 Å². The maximum atomic E-state index is 12.6. The molecule has 4 saturated carbocycles. The van der Waals surface area contributed by atoms with E-state index in [-0.39, 0.29) is 23.9 Å². The molecule has 4 aliphatic rings. The molecule has 0 aliphatic heterocycles. The Morgan fingerprint density at radius 2 is 1.67 bits per heavy atom. The summed E-state index contributed by atoms with van der Waals surface area (Å²) in [5.41, 5.74) is 0.655. The Hall–Kier alpha value is -2.28. The van der Waals surface area contributed by atoms with E-state index >= 15 is 0 Å². The van der Waals surface area contributed by atoms with Gasteiger partial charge in [0, 0.05) is 25.0 Å². The topological polar surface area (TPSA) is 82.7 Å². The van der Waals surface area contributed by atoms with E-state index in [0.29, 0.717) is 24.6 Å². The van der Waals surface area contributed by atoms with Gasteiger partial charge in [-0.05, 0) is 81.5 Å². The lowest BCUT2D eigenvalue weighted by molar-refractivity contribution is -0.116. The van der Waals surface area contributed by atoms with Crippen molar-refractivity contribution in [2.45, 2.75) is 64.3 Å². The molecule has 4 aliphatic carbocycles. The molecule has 0 saturated heterocycles. The van der Waals surface area contributed by atoms with Crippen molar-refractivity contribution in [1.29, 1.82) is 0 Å². The van der Waals surface area contributed by atoms with Crippen molar-refractivity contribution in [3.8, 4) is 5.75 Å². The highest BCUT2D eigenvalue weighted by Crippen LogP contribution is 2.55. The van der Waals surface area contributed by atoms with Crippen LogP contribution in [0, 0.1) is 17.8 Å². The van der Waals surface area contributed by atoms with Crippen LogP contribution in [-0.4, -0.2) is 55.2 Å². The maximum Gasteiger partial charge on any atom is 0.315 e. The van der Waals surface area contributed by atoms with Crippen molar-refractivity contribution >= 4 is 17.6 Å². The zero-order valence-corrected chi connectivity index (χ0v) is 20.2. The van der Waals surface area contributed by atoms with Crippen molar-refractivity contribution in [3.05, 3.63) is 24.3 Å². The predicted octanol–water partition coefficient (Wildman–Crippen LogP) is 4.00. The summed E-state index contributed by atoms with van der Waals surface area (Å²) in [6.45, 7) is 7.97. The molecule has 33 heavy (non-hydrogen) atoms. The van der Waals surface area contributed by atoms with Gasteiger partial charge in [-0.25, -0.2) is 4.79 Å². The number of nitrogens with zero attached hydrogens (tertiary/aromatic N) is 1. The van der Waals surface area contributed by atoms with Crippen LogP contribution in [0.5, 0.6) is 5.75 Å². The van der Waals surface area contributed by atoms with Crippen LogP contribution in [0.2, 0.25) is 0 Å². The highest BCUT2D eigenvalue weighted by molar-refractivity contribution is 5.92. The number of nitrogens with one attached hydrogen (secondary N) is 3. The fourth-order valence-electron chi connectivity index (χ4n) is 6.57. The molecular formula is C26H40N4O3. The first-order valence-corrected chi connectivity index (χ1v) is 12.8. The Morgan fingerprint density at radius 3 is 2.30 bits per heavy atom. The Balaban J connectivity index is 1.19. The molecule has 7 nitrogen and oxygen atoms in total. The summed E-state index contributed by atoms with van der Waals surface area (Å²) in [7, 11) is 0. The molecule has 0 unspecified atom stereocenters. The van der Waals surface area contributed by atoms with Crippen LogP contribution in [0.15, 0.2) is 24.3 Å². The molecule has 0 radical (unpaired) electrons. The quantitative estimate of drug-likeness (QED) is 0.470. The highest BCUT2D eigenvalue weighted by Gasteiger charge is 2.51. The smallest absolute Gasteiger partial charge is 0.315 e. The monoisotopic (exact) mass is 456 g/mol. The minimum Gasteiger partial charge on any atom is -0.490 e. The largest absolute Gasteiger partial charge is 0.490 e. The molecule has 7 heteroatoms. The fraction of sp³-hybridized carbons (Fsp3) is 0.692. The summed E-state index contributed by atoms with van der Waals surface area (Å²) in [6.07, 6.45) is 7.64. The molecule has 3 N–H and O–H groups in total. The van der Waals surface area contributed by atoms with Crippen LogP contribution >= 0.6 is 0 Å². The normalized spacial score (nSPS) is 27.4. The molecule has 1 aromatic rings. The van der Waals surface area contributed by atoms with Gasteiger partial charge in [0.1, 0.15) is 12.4 Å². The lowest BCUT2D eigenvalue weighted by Crippen LogP contribution is -2.61. The van der Waals surface area contributed by atoms with Crippen molar-refractivity contribution in [2.75, 3.05) is 38.1 Å². The number of amides is 3. The zero-order chi connectivity index (χ0) is 23.3. The van der Waals surface area contributed by atoms with Gasteiger partial charge in [-0.2, -0.15) is 0 Å². The molecule has 0 aromatic heterocycles. The number of urea groups is 1. The van der Waals surface area contributed by atoms with Crippen molar-refractivity contribution < 1.29 is 14.3 Å². The maximum absolute atomic E-state index is 12.6. The Bertz CT molecular complexity index is 788. The third-order valence-electron chi connectivity index (χ3n) is 7.78. The lowest BCUT2D eigenvalue weighted by atomic mass is 9.53. The van der Waals surface area contributed by atoms with E-state index in [9.17, 15) is 9.59 Å². The summed E-state index contributed by atoms with van der Waals surface area (Å²) in [4.78, 5) is 27.3. The van der Waals surface area contributed by atoms with Crippen molar-refractivity contribution in [1.82, 2.24) is 15.5 Å². The predicted molar refractivity (Wildman–Crippen MR) is 130 cm³/mol. The summed E-state index contributed by atoms with van der Waals surface area (Å²) < 4.78 is 5.91. The number of para-hydroxylation sites is 2. The van der Waals surface area contributed by atoms with Gasteiger partial charge < -0.3 is 25.6 Å². The van der Waals surface area contributed by atoms with Crippen LogP contribution in [0.25, 0.3) is 0 Å². The zero-order valence-electron chi connectivity index (χ0n) is 20.2. The summed E-state index contributed by atoms with van der Waals surface area (Å²) in [5, 5.41) is 9.12. The number of carbonyl (C=O) groups excluding carboxylic acids is 2. The van der Waals surface area contributed by atoms with Gasteiger partial charge in [0.05, 0.1) is 5.69 Å².